The highest BCUT2D eigenvalue weighted by Crippen LogP contribution is 2.52. The SMILES string of the molecule is Cc1cccc(-c2ccc(F)c(C(c3ccccc3)c3ccc4ccc5c(N(c6ccccc6)c6c(F)ccc(-c7cccc(C)c7)c6-c6cccc(C)c6)ccc6ccc3c4c65)c2-c2cccc(C)c2)c1. The third kappa shape index (κ3) is 7.79. The number of hydrogen-bond donors (Lipinski definition) is 0. The molecule has 12 rings (SSSR count). The Labute approximate surface area is 420 Å². The van der Waals surface area contributed by atoms with Crippen LogP contribution in [0.1, 0.15) is 44.9 Å². The van der Waals surface area contributed by atoms with Gasteiger partial charge in [0.05, 0.1) is 11.4 Å². The topological polar surface area (TPSA) is 3.24 Å². The Hall–Kier alpha value is -8.66. The molecule has 3 heteroatoms. The molecule has 1 nitrogen and oxygen atoms in total. The van der Waals surface area contributed by atoms with Gasteiger partial charge in [-0.05, 0) is 135 Å². The first kappa shape index (κ1) is 44.5. The second-order valence-electron chi connectivity index (χ2n) is 19.4. The maximum atomic E-state index is 17.6. The molecule has 1 atom stereocenters. The fraction of sp³-hybridized carbons (Fsp3) is 0.0725. The summed E-state index contributed by atoms with van der Waals surface area (Å²) in [5.41, 5.74) is 16.8. The van der Waals surface area contributed by atoms with E-state index in [2.05, 4.69) is 215 Å². The molecule has 12 aromatic carbocycles. The summed E-state index contributed by atoms with van der Waals surface area (Å²) in [5.74, 6) is -1.08. The van der Waals surface area contributed by atoms with Crippen LogP contribution in [0.2, 0.25) is 0 Å². The van der Waals surface area contributed by atoms with E-state index in [1.165, 1.54) is 0 Å². The van der Waals surface area contributed by atoms with Crippen molar-refractivity contribution < 1.29 is 8.78 Å². The van der Waals surface area contributed by atoms with E-state index in [0.717, 1.165) is 122 Å². The van der Waals surface area contributed by atoms with Crippen LogP contribution in [0.5, 0.6) is 0 Å². The zero-order chi connectivity index (χ0) is 49.0. The van der Waals surface area contributed by atoms with Gasteiger partial charge in [0, 0.05) is 28.1 Å². The van der Waals surface area contributed by atoms with Crippen molar-refractivity contribution >= 4 is 49.4 Å². The minimum Gasteiger partial charge on any atom is -0.307 e. The molecule has 0 heterocycles. The van der Waals surface area contributed by atoms with Gasteiger partial charge in [0.15, 0.2) is 0 Å². The Kier molecular flexibility index (Phi) is 11.3. The van der Waals surface area contributed by atoms with Gasteiger partial charge in [0.25, 0.3) is 0 Å². The first-order chi connectivity index (χ1) is 35.2. The van der Waals surface area contributed by atoms with Gasteiger partial charge >= 0.3 is 0 Å². The lowest BCUT2D eigenvalue weighted by Crippen LogP contribution is -2.14. The van der Waals surface area contributed by atoms with Gasteiger partial charge in [-0.3, -0.25) is 0 Å². The lowest BCUT2D eigenvalue weighted by atomic mass is 9.76. The van der Waals surface area contributed by atoms with Crippen molar-refractivity contribution in [1.82, 2.24) is 0 Å². The summed E-state index contributed by atoms with van der Waals surface area (Å²) in [6, 6.07) is 79.0. The summed E-state index contributed by atoms with van der Waals surface area (Å²) in [4.78, 5) is 2.12. The number of para-hydroxylation sites is 1. The van der Waals surface area contributed by atoms with E-state index < -0.39 is 5.92 Å². The number of benzene rings is 12. The number of hydrogen-bond acceptors (Lipinski definition) is 1. The van der Waals surface area contributed by atoms with Crippen molar-refractivity contribution in [3.05, 3.63) is 281 Å². The molecule has 1 unspecified atom stereocenters. The van der Waals surface area contributed by atoms with Gasteiger partial charge in [-0.25, -0.2) is 8.78 Å². The Bertz CT molecular complexity index is 3740. The number of anilines is 3. The lowest BCUT2D eigenvalue weighted by molar-refractivity contribution is 0.608. The molecule has 0 saturated carbocycles. The van der Waals surface area contributed by atoms with Gasteiger partial charge < -0.3 is 4.90 Å². The lowest BCUT2D eigenvalue weighted by Gasteiger charge is -2.31. The predicted octanol–water partition coefficient (Wildman–Crippen LogP) is 19.4. The van der Waals surface area contributed by atoms with Crippen molar-refractivity contribution in [2.24, 2.45) is 0 Å². The molecule has 0 aliphatic carbocycles. The quantitative estimate of drug-likeness (QED) is 0.0976. The summed E-state index contributed by atoms with van der Waals surface area (Å²) in [7, 11) is 0. The largest absolute Gasteiger partial charge is 0.307 e. The van der Waals surface area contributed by atoms with Crippen LogP contribution < -0.4 is 4.90 Å². The molecule has 0 spiro atoms. The second-order valence-corrected chi connectivity index (χ2v) is 19.4. The third-order valence-corrected chi connectivity index (χ3v) is 14.5. The van der Waals surface area contributed by atoms with Crippen LogP contribution in [0, 0.1) is 39.3 Å². The second kappa shape index (κ2) is 18.3. The van der Waals surface area contributed by atoms with E-state index in [1.807, 2.05) is 36.4 Å². The summed E-state index contributed by atoms with van der Waals surface area (Å²) in [5, 5.41) is 6.30. The molecule has 0 aliphatic heterocycles. The van der Waals surface area contributed by atoms with E-state index in [0.29, 0.717) is 11.3 Å². The summed E-state index contributed by atoms with van der Waals surface area (Å²) in [6.07, 6.45) is 0. The molecule has 0 aromatic heterocycles. The minimum atomic E-state index is -0.494. The molecule has 0 saturated heterocycles. The maximum Gasteiger partial charge on any atom is 0.147 e. The molecule has 346 valence electrons. The molecule has 0 N–H and O–H groups in total. The van der Waals surface area contributed by atoms with Crippen molar-refractivity contribution in [3.8, 4) is 44.5 Å². The van der Waals surface area contributed by atoms with Gasteiger partial charge in [-0.1, -0.05) is 222 Å². The van der Waals surface area contributed by atoms with E-state index in [1.54, 1.807) is 12.1 Å². The highest BCUT2D eigenvalue weighted by Gasteiger charge is 2.31. The van der Waals surface area contributed by atoms with E-state index in [4.69, 9.17) is 0 Å². The van der Waals surface area contributed by atoms with Crippen LogP contribution in [0.25, 0.3) is 76.8 Å². The fourth-order valence-corrected chi connectivity index (χ4v) is 11.3. The molecule has 0 bridgehead atoms. The Morgan fingerprint density at radius 1 is 0.375 bits per heavy atom. The van der Waals surface area contributed by atoms with Crippen molar-refractivity contribution in [1.29, 1.82) is 0 Å². The Morgan fingerprint density at radius 3 is 1.44 bits per heavy atom. The van der Waals surface area contributed by atoms with Crippen molar-refractivity contribution in [3.63, 3.8) is 0 Å². The van der Waals surface area contributed by atoms with E-state index in [9.17, 15) is 0 Å². The number of aryl methyl sites for hydroxylation is 4. The third-order valence-electron chi connectivity index (χ3n) is 14.5. The Balaban J connectivity index is 1.15. The average Bonchev–Trinajstić information content (AvgIpc) is 3.40. The van der Waals surface area contributed by atoms with E-state index >= 15 is 8.78 Å². The number of rotatable bonds is 10. The van der Waals surface area contributed by atoms with Crippen LogP contribution in [0.4, 0.5) is 25.8 Å². The summed E-state index contributed by atoms with van der Waals surface area (Å²) >= 11 is 0. The van der Waals surface area contributed by atoms with Gasteiger partial charge in [-0.15, -0.1) is 0 Å². The van der Waals surface area contributed by atoms with Crippen LogP contribution in [0.3, 0.4) is 0 Å². The van der Waals surface area contributed by atoms with Crippen LogP contribution >= 0.6 is 0 Å². The van der Waals surface area contributed by atoms with Crippen molar-refractivity contribution in [2.45, 2.75) is 33.6 Å². The standard InChI is InChI=1S/C69H51F2N/c1-43-15-11-21-50(39-43)55-34-36-60(70)68(66(55)52-23-13-17-45(3)41-52)64(47-19-7-5-8-20-47)58-32-27-48-29-33-59-62(38-30-49-28-31-57(58)63(48)65(49)59)72(54-25-9-6-10-26-54)69-61(71)37-35-56(51-22-12-16-44(2)40-51)67(69)53-24-14-18-46(4)42-53/h5-42,64H,1-4H3. The Morgan fingerprint density at radius 2 is 0.847 bits per heavy atom. The van der Waals surface area contributed by atoms with Gasteiger partial charge in [-0.2, -0.15) is 0 Å². The maximum absolute atomic E-state index is 17.6. The predicted molar refractivity (Wildman–Crippen MR) is 299 cm³/mol. The number of nitrogens with zero attached hydrogens (tertiary/aromatic N) is 1. The first-order valence-corrected chi connectivity index (χ1v) is 24.7. The van der Waals surface area contributed by atoms with Crippen LogP contribution in [0.15, 0.2) is 231 Å². The fourth-order valence-electron chi connectivity index (χ4n) is 11.3. The molecule has 0 aliphatic rings. The smallest absolute Gasteiger partial charge is 0.147 e. The molecule has 0 radical (unpaired) electrons. The van der Waals surface area contributed by atoms with Crippen LogP contribution in [-0.4, -0.2) is 0 Å². The number of halogens is 2. The zero-order valence-corrected chi connectivity index (χ0v) is 40.7. The van der Waals surface area contributed by atoms with E-state index in [-0.39, 0.29) is 11.6 Å². The summed E-state index contributed by atoms with van der Waals surface area (Å²) < 4.78 is 35.2. The molecular formula is C69H51F2N. The van der Waals surface area contributed by atoms with Gasteiger partial charge in [0.1, 0.15) is 11.6 Å². The monoisotopic (exact) mass is 931 g/mol. The van der Waals surface area contributed by atoms with Gasteiger partial charge in [0.2, 0.25) is 0 Å². The molecule has 0 amide bonds. The molecule has 0 fully saturated rings. The highest BCUT2D eigenvalue weighted by molar-refractivity contribution is 6.26. The summed E-state index contributed by atoms with van der Waals surface area (Å²) in [6.45, 7) is 8.37. The van der Waals surface area contributed by atoms with Crippen LogP contribution in [-0.2, 0) is 0 Å². The average molecular weight is 932 g/mol. The molecule has 72 heavy (non-hydrogen) atoms. The zero-order valence-electron chi connectivity index (χ0n) is 40.7. The minimum absolute atomic E-state index is 0.261. The highest BCUT2D eigenvalue weighted by atomic mass is 19.1. The molecular weight excluding hydrogens is 881 g/mol. The van der Waals surface area contributed by atoms with Crippen molar-refractivity contribution in [2.75, 3.05) is 4.90 Å². The normalized spacial score (nSPS) is 12.0. The first-order valence-electron chi connectivity index (χ1n) is 24.7. The molecule has 12 aromatic rings.